The van der Waals surface area contributed by atoms with E-state index in [0.717, 1.165) is 26.1 Å². The Kier molecular flexibility index (Phi) is 5.60. The summed E-state index contributed by atoms with van der Waals surface area (Å²) in [6.07, 6.45) is 4.04. The topological polar surface area (TPSA) is 77.0 Å². The standard InChI is InChI=1S/C16H24N4O4/c1-22-7-5-19-6-8-24-14-3-4-20(11-13(14)19)16(21)15-17-9-12(23-2)10-18-15/h9-10,13-14H,3-8,11H2,1-2H3/t13-,14-/m0/s1. The summed E-state index contributed by atoms with van der Waals surface area (Å²) < 4.78 is 16.1. The van der Waals surface area contributed by atoms with E-state index in [-0.39, 0.29) is 23.9 Å². The second-order valence-corrected chi connectivity index (χ2v) is 5.99. The van der Waals surface area contributed by atoms with Gasteiger partial charge in [0.1, 0.15) is 0 Å². The zero-order valence-corrected chi connectivity index (χ0v) is 14.2. The molecule has 2 aliphatic heterocycles. The van der Waals surface area contributed by atoms with Crippen molar-refractivity contribution in [2.75, 3.05) is 53.6 Å². The highest BCUT2D eigenvalue weighted by Gasteiger charge is 2.38. The number of likely N-dealkylation sites (tertiary alicyclic amines) is 1. The zero-order chi connectivity index (χ0) is 16.9. The number of piperidine rings is 1. The Bertz CT molecular complexity index is 554. The number of rotatable bonds is 5. The fourth-order valence-electron chi connectivity index (χ4n) is 3.29. The average Bonchev–Trinajstić information content (AvgIpc) is 2.65. The van der Waals surface area contributed by atoms with Gasteiger partial charge in [-0.15, -0.1) is 0 Å². The van der Waals surface area contributed by atoms with Gasteiger partial charge >= 0.3 is 0 Å². The number of methoxy groups -OCH3 is 2. The van der Waals surface area contributed by atoms with Crippen molar-refractivity contribution in [3.8, 4) is 5.75 Å². The third kappa shape index (κ3) is 3.66. The molecule has 24 heavy (non-hydrogen) atoms. The lowest BCUT2D eigenvalue weighted by atomic mass is 9.98. The summed E-state index contributed by atoms with van der Waals surface area (Å²) in [5, 5.41) is 0. The fourth-order valence-corrected chi connectivity index (χ4v) is 3.29. The number of nitrogens with zero attached hydrogens (tertiary/aromatic N) is 4. The van der Waals surface area contributed by atoms with Gasteiger partial charge in [-0.1, -0.05) is 0 Å². The maximum Gasteiger partial charge on any atom is 0.291 e. The van der Waals surface area contributed by atoms with E-state index in [4.69, 9.17) is 14.2 Å². The van der Waals surface area contributed by atoms with Crippen LogP contribution >= 0.6 is 0 Å². The number of hydrogen-bond donors (Lipinski definition) is 0. The molecule has 2 aliphatic rings. The van der Waals surface area contributed by atoms with E-state index in [1.165, 1.54) is 12.4 Å². The molecule has 2 atom stereocenters. The first-order valence-corrected chi connectivity index (χ1v) is 8.23. The zero-order valence-electron chi connectivity index (χ0n) is 14.2. The van der Waals surface area contributed by atoms with E-state index >= 15 is 0 Å². The first-order chi connectivity index (χ1) is 11.7. The van der Waals surface area contributed by atoms with E-state index in [1.54, 1.807) is 14.2 Å². The molecule has 0 bridgehead atoms. The van der Waals surface area contributed by atoms with Gasteiger partial charge in [0, 0.05) is 33.3 Å². The number of amides is 1. The highest BCUT2D eigenvalue weighted by molar-refractivity contribution is 5.90. The number of hydrogen-bond acceptors (Lipinski definition) is 7. The van der Waals surface area contributed by atoms with E-state index in [9.17, 15) is 4.79 Å². The molecule has 0 saturated carbocycles. The third-order valence-corrected chi connectivity index (χ3v) is 4.62. The predicted octanol–water partition coefficient (Wildman–Crippen LogP) is 0.0469. The van der Waals surface area contributed by atoms with Gasteiger partial charge in [0.05, 0.1) is 44.9 Å². The fraction of sp³-hybridized carbons (Fsp3) is 0.688. The number of carbonyl (C=O) groups excluding carboxylic acids is 1. The normalized spacial score (nSPS) is 24.5. The quantitative estimate of drug-likeness (QED) is 0.752. The molecule has 132 valence electrons. The Balaban J connectivity index is 1.67. The molecule has 2 saturated heterocycles. The Labute approximate surface area is 141 Å². The van der Waals surface area contributed by atoms with Gasteiger partial charge in [0.2, 0.25) is 5.82 Å². The molecule has 8 nitrogen and oxygen atoms in total. The number of fused-ring (bicyclic) bond motifs is 1. The molecule has 0 N–H and O–H groups in total. The summed E-state index contributed by atoms with van der Waals surface area (Å²) in [6, 6.07) is 0.199. The molecular formula is C16H24N4O4. The minimum absolute atomic E-state index is 0.145. The minimum Gasteiger partial charge on any atom is -0.494 e. The van der Waals surface area contributed by atoms with Crippen LogP contribution in [-0.4, -0.2) is 91.4 Å². The summed E-state index contributed by atoms with van der Waals surface area (Å²) in [6.45, 7) is 4.42. The second kappa shape index (κ2) is 7.87. The Morgan fingerprint density at radius 2 is 2.12 bits per heavy atom. The molecule has 2 fully saturated rings. The van der Waals surface area contributed by atoms with E-state index < -0.39 is 0 Å². The van der Waals surface area contributed by atoms with Crippen molar-refractivity contribution >= 4 is 5.91 Å². The Morgan fingerprint density at radius 3 is 2.83 bits per heavy atom. The van der Waals surface area contributed by atoms with Crippen molar-refractivity contribution in [3.05, 3.63) is 18.2 Å². The van der Waals surface area contributed by atoms with Crippen molar-refractivity contribution in [3.63, 3.8) is 0 Å². The molecule has 0 spiro atoms. The highest BCUT2D eigenvalue weighted by Crippen LogP contribution is 2.23. The number of ether oxygens (including phenoxy) is 3. The summed E-state index contributed by atoms with van der Waals surface area (Å²) >= 11 is 0. The molecule has 0 aromatic carbocycles. The van der Waals surface area contributed by atoms with Crippen LogP contribution < -0.4 is 4.74 Å². The van der Waals surface area contributed by atoms with E-state index in [0.29, 0.717) is 25.4 Å². The van der Waals surface area contributed by atoms with Crippen molar-refractivity contribution in [1.29, 1.82) is 0 Å². The highest BCUT2D eigenvalue weighted by atomic mass is 16.5. The molecule has 1 amide bonds. The predicted molar refractivity (Wildman–Crippen MR) is 86.1 cm³/mol. The second-order valence-electron chi connectivity index (χ2n) is 5.99. The van der Waals surface area contributed by atoms with Gasteiger partial charge in [0.15, 0.2) is 5.75 Å². The maximum atomic E-state index is 12.7. The lowest BCUT2D eigenvalue weighted by Gasteiger charge is -2.46. The monoisotopic (exact) mass is 336 g/mol. The first kappa shape index (κ1) is 17.1. The van der Waals surface area contributed by atoms with Crippen LogP contribution in [0.3, 0.4) is 0 Å². The van der Waals surface area contributed by atoms with E-state index in [1.807, 2.05) is 4.90 Å². The molecule has 8 heteroatoms. The summed E-state index contributed by atoms with van der Waals surface area (Å²) in [5.41, 5.74) is 0. The van der Waals surface area contributed by atoms with Crippen molar-refractivity contribution in [1.82, 2.24) is 19.8 Å². The van der Waals surface area contributed by atoms with Crippen LogP contribution in [0, 0.1) is 0 Å². The molecule has 3 heterocycles. The van der Waals surface area contributed by atoms with Crippen LogP contribution in [0.1, 0.15) is 17.0 Å². The molecule has 1 aromatic rings. The summed E-state index contributed by atoms with van der Waals surface area (Å²) in [5.74, 6) is 0.597. The van der Waals surface area contributed by atoms with Crippen molar-refractivity contribution in [2.45, 2.75) is 18.6 Å². The van der Waals surface area contributed by atoms with Gasteiger partial charge in [-0.3, -0.25) is 9.69 Å². The van der Waals surface area contributed by atoms with Crippen LogP contribution in [0.25, 0.3) is 0 Å². The third-order valence-electron chi connectivity index (χ3n) is 4.62. The van der Waals surface area contributed by atoms with Gasteiger partial charge in [-0.25, -0.2) is 9.97 Å². The largest absolute Gasteiger partial charge is 0.494 e. The molecular weight excluding hydrogens is 312 g/mol. The number of morpholine rings is 1. The minimum atomic E-state index is -0.145. The van der Waals surface area contributed by atoms with Crippen molar-refractivity contribution < 1.29 is 19.0 Å². The Hall–Kier alpha value is -1.77. The van der Waals surface area contributed by atoms with Crippen LogP contribution in [0.15, 0.2) is 12.4 Å². The molecule has 0 aliphatic carbocycles. The van der Waals surface area contributed by atoms with Gasteiger partial charge in [0.25, 0.3) is 5.91 Å². The Morgan fingerprint density at radius 1 is 1.33 bits per heavy atom. The molecule has 3 rings (SSSR count). The van der Waals surface area contributed by atoms with Gasteiger partial charge < -0.3 is 19.1 Å². The summed E-state index contributed by atoms with van der Waals surface area (Å²) in [4.78, 5) is 25.1. The van der Waals surface area contributed by atoms with Crippen LogP contribution in [0.5, 0.6) is 5.75 Å². The van der Waals surface area contributed by atoms with Crippen LogP contribution in [0.2, 0.25) is 0 Å². The molecule has 0 unspecified atom stereocenters. The average molecular weight is 336 g/mol. The van der Waals surface area contributed by atoms with Gasteiger partial charge in [-0.05, 0) is 6.42 Å². The molecule has 0 radical (unpaired) electrons. The van der Waals surface area contributed by atoms with Gasteiger partial charge in [-0.2, -0.15) is 0 Å². The maximum absolute atomic E-state index is 12.7. The first-order valence-electron chi connectivity index (χ1n) is 8.23. The van der Waals surface area contributed by atoms with E-state index in [2.05, 4.69) is 14.9 Å². The van der Waals surface area contributed by atoms with Crippen LogP contribution in [-0.2, 0) is 9.47 Å². The van der Waals surface area contributed by atoms with Crippen LogP contribution in [0.4, 0.5) is 0 Å². The summed E-state index contributed by atoms with van der Waals surface area (Å²) in [7, 11) is 3.25. The number of aromatic nitrogens is 2. The number of carbonyl (C=O) groups is 1. The lowest BCUT2D eigenvalue weighted by molar-refractivity contribution is -0.101. The smallest absolute Gasteiger partial charge is 0.291 e. The SMILES string of the molecule is COCCN1CCO[C@H]2CCN(C(=O)c3ncc(OC)cn3)C[C@@H]21. The molecule has 1 aromatic heterocycles. The van der Waals surface area contributed by atoms with Crippen molar-refractivity contribution in [2.24, 2.45) is 0 Å². The lowest BCUT2D eigenvalue weighted by Crippen LogP contribution is -2.61.